The minimum absolute atomic E-state index is 0.0188. The molecule has 5 heteroatoms. The van der Waals surface area contributed by atoms with E-state index in [-0.39, 0.29) is 24.2 Å². The molecular weight excluding hydrogens is 314 g/mol. The van der Waals surface area contributed by atoms with Gasteiger partial charge in [0, 0.05) is 24.8 Å². The van der Waals surface area contributed by atoms with Crippen LogP contribution in [0.2, 0.25) is 0 Å². The van der Waals surface area contributed by atoms with E-state index >= 15 is 0 Å². The number of benzene rings is 1. The molecule has 5 nitrogen and oxygen atoms in total. The average molecular weight is 337 g/mol. The molecule has 0 unspecified atom stereocenters. The Morgan fingerprint density at radius 2 is 1.96 bits per heavy atom. The van der Waals surface area contributed by atoms with Crippen LogP contribution in [0.3, 0.4) is 0 Å². The van der Waals surface area contributed by atoms with Crippen LogP contribution in [0.15, 0.2) is 42.6 Å². The maximum absolute atomic E-state index is 12.5. The second-order valence-electron chi connectivity index (χ2n) is 6.86. The van der Waals surface area contributed by atoms with Crippen molar-refractivity contribution in [1.82, 2.24) is 4.98 Å². The van der Waals surface area contributed by atoms with E-state index in [1.54, 1.807) is 11.1 Å². The van der Waals surface area contributed by atoms with Crippen LogP contribution in [0, 0.1) is 12.8 Å². The molecule has 1 aromatic heterocycles. The highest BCUT2D eigenvalue weighted by atomic mass is 16.2. The predicted molar refractivity (Wildman–Crippen MR) is 98.6 cm³/mol. The van der Waals surface area contributed by atoms with E-state index < -0.39 is 0 Å². The topological polar surface area (TPSA) is 62.3 Å². The van der Waals surface area contributed by atoms with Crippen LogP contribution < -0.4 is 10.2 Å². The number of aromatic nitrogens is 1. The Morgan fingerprint density at radius 3 is 2.60 bits per heavy atom. The highest BCUT2D eigenvalue weighted by molar-refractivity contribution is 6.03. The van der Waals surface area contributed by atoms with E-state index in [1.807, 2.05) is 43.3 Å². The Bertz CT molecular complexity index is 784. The van der Waals surface area contributed by atoms with Crippen LogP contribution in [-0.2, 0) is 9.59 Å². The minimum atomic E-state index is -0.361. The van der Waals surface area contributed by atoms with E-state index in [0.717, 1.165) is 11.3 Å². The molecule has 130 valence electrons. The summed E-state index contributed by atoms with van der Waals surface area (Å²) in [6, 6.07) is 11.7. The lowest BCUT2D eigenvalue weighted by molar-refractivity contribution is -0.122. The Morgan fingerprint density at radius 1 is 1.24 bits per heavy atom. The van der Waals surface area contributed by atoms with Crippen molar-refractivity contribution in [2.75, 3.05) is 16.8 Å². The molecule has 1 N–H and O–H groups in total. The maximum Gasteiger partial charge on any atom is 0.230 e. The zero-order chi connectivity index (χ0) is 18.0. The third-order valence-corrected chi connectivity index (χ3v) is 4.53. The number of nitrogens with one attached hydrogen (secondary N) is 1. The van der Waals surface area contributed by atoms with Gasteiger partial charge in [-0.15, -0.1) is 0 Å². The Kier molecular flexibility index (Phi) is 4.83. The number of hydrogen-bond acceptors (Lipinski definition) is 3. The zero-order valence-corrected chi connectivity index (χ0v) is 14.8. The van der Waals surface area contributed by atoms with Crippen LogP contribution in [0.25, 0.3) is 0 Å². The predicted octanol–water partition coefficient (Wildman–Crippen LogP) is 3.51. The van der Waals surface area contributed by atoms with Gasteiger partial charge in [0.25, 0.3) is 0 Å². The molecule has 0 spiro atoms. The molecule has 3 rings (SSSR count). The van der Waals surface area contributed by atoms with E-state index in [4.69, 9.17) is 0 Å². The Labute approximate surface area is 148 Å². The minimum Gasteiger partial charge on any atom is -0.312 e. The molecule has 1 saturated heterocycles. The largest absolute Gasteiger partial charge is 0.312 e. The lowest BCUT2D eigenvalue weighted by Crippen LogP contribution is -2.28. The van der Waals surface area contributed by atoms with Gasteiger partial charge in [-0.3, -0.25) is 9.59 Å². The van der Waals surface area contributed by atoms with Crippen molar-refractivity contribution in [2.24, 2.45) is 5.92 Å². The molecule has 1 aromatic carbocycles. The molecule has 2 amide bonds. The molecule has 1 fully saturated rings. The van der Waals surface area contributed by atoms with Gasteiger partial charge in [0.2, 0.25) is 11.8 Å². The van der Waals surface area contributed by atoms with Crippen molar-refractivity contribution in [2.45, 2.75) is 33.1 Å². The standard InChI is InChI=1S/C20H23N3O2/c1-13(2)15-4-6-17(7-5-15)23-12-16(11-19(23)24)20(25)22-18-10-14(3)8-9-21-18/h4-10,13,16H,11-12H2,1-3H3,(H,21,22,25)/t16-/m0/s1. The molecule has 0 saturated carbocycles. The van der Waals surface area contributed by atoms with Crippen molar-refractivity contribution in [3.63, 3.8) is 0 Å². The number of amides is 2. The van der Waals surface area contributed by atoms with Gasteiger partial charge in [-0.25, -0.2) is 4.98 Å². The maximum atomic E-state index is 12.5. The van der Waals surface area contributed by atoms with Gasteiger partial charge in [-0.2, -0.15) is 0 Å². The Balaban J connectivity index is 1.68. The van der Waals surface area contributed by atoms with Gasteiger partial charge < -0.3 is 10.2 Å². The SMILES string of the molecule is Cc1ccnc(NC(=O)[C@H]2CC(=O)N(c3ccc(C(C)C)cc3)C2)c1. The number of nitrogens with zero attached hydrogens (tertiary/aromatic N) is 2. The van der Waals surface area contributed by atoms with Gasteiger partial charge in [-0.05, 0) is 48.2 Å². The van der Waals surface area contributed by atoms with E-state index in [0.29, 0.717) is 18.3 Å². The van der Waals surface area contributed by atoms with E-state index in [2.05, 4.69) is 24.1 Å². The fourth-order valence-corrected chi connectivity index (χ4v) is 3.00. The quantitative estimate of drug-likeness (QED) is 0.929. The molecule has 0 radical (unpaired) electrons. The second-order valence-corrected chi connectivity index (χ2v) is 6.86. The van der Waals surface area contributed by atoms with Gasteiger partial charge in [0.15, 0.2) is 0 Å². The molecule has 2 heterocycles. The molecule has 1 aliphatic heterocycles. The highest BCUT2D eigenvalue weighted by Gasteiger charge is 2.35. The first kappa shape index (κ1) is 17.1. The summed E-state index contributed by atoms with van der Waals surface area (Å²) in [7, 11) is 0. The van der Waals surface area contributed by atoms with Crippen LogP contribution >= 0.6 is 0 Å². The lowest BCUT2D eigenvalue weighted by Gasteiger charge is -2.17. The first-order valence-electron chi connectivity index (χ1n) is 8.58. The summed E-state index contributed by atoms with van der Waals surface area (Å²) in [6.45, 7) is 6.61. The monoisotopic (exact) mass is 337 g/mol. The van der Waals surface area contributed by atoms with Crippen LogP contribution in [0.5, 0.6) is 0 Å². The summed E-state index contributed by atoms with van der Waals surface area (Å²) >= 11 is 0. The fourth-order valence-electron chi connectivity index (χ4n) is 3.00. The summed E-state index contributed by atoms with van der Waals surface area (Å²) in [5.41, 5.74) is 3.10. The third-order valence-electron chi connectivity index (χ3n) is 4.53. The Hall–Kier alpha value is -2.69. The number of anilines is 2. The summed E-state index contributed by atoms with van der Waals surface area (Å²) in [6.07, 6.45) is 1.89. The lowest BCUT2D eigenvalue weighted by atomic mass is 10.0. The summed E-state index contributed by atoms with van der Waals surface area (Å²) in [5.74, 6) is 0.433. The normalized spacial score (nSPS) is 17.2. The number of pyridine rings is 1. The number of carbonyl (C=O) groups is 2. The van der Waals surface area contributed by atoms with Crippen molar-refractivity contribution < 1.29 is 9.59 Å². The summed E-state index contributed by atoms with van der Waals surface area (Å²) < 4.78 is 0. The highest BCUT2D eigenvalue weighted by Crippen LogP contribution is 2.27. The summed E-state index contributed by atoms with van der Waals surface area (Å²) in [5, 5.41) is 2.81. The van der Waals surface area contributed by atoms with Gasteiger partial charge >= 0.3 is 0 Å². The van der Waals surface area contributed by atoms with Gasteiger partial charge in [0.1, 0.15) is 5.82 Å². The third kappa shape index (κ3) is 3.87. The fraction of sp³-hybridized carbons (Fsp3) is 0.350. The summed E-state index contributed by atoms with van der Waals surface area (Å²) in [4.78, 5) is 30.6. The van der Waals surface area contributed by atoms with Gasteiger partial charge in [-0.1, -0.05) is 26.0 Å². The molecule has 2 aromatic rings. The number of rotatable bonds is 4. The zero-order valence-electron chi connectivity index (χ0n) is 14.8. The number of hydrogen-bond donors (Lipinski definition) is 1. The molecule has 0 aliphatic carbocycles. The average Bonchev–Trinajstić information content (AvgIpc) is 2.97. The van der Waals surface area contributed by atoms with Crippen molar-refractivity contribution in [3.8, 4) is 0 Å². The molecule has 1 atom stereocenters. The van der Waals surface area contributed by atoms with Gasteiger partial charge in [0.05, 0.1) is 5.92 Å². The van der Waals surface area contributed by atoms with E-state index in [1.165, 1.54) is 5.56 Å². The molecular formula is C20H23N3O2. The van der Waals surface area contributed by atoms with Crippen molar-refractivity contribution in [1.29, 1.82) is 0 Å². The smallest absolute Gasteiger partial charge is 0.230 e. The van der Waals surface area contributed by atoms with Crippen LogP contribution in [-0.4, -0.2) is 23.3 Å². The number of aryl methyl sites for hydroxylation is 1. The van der Waals surface area contributed by atoms with Crippen molar-refractivity contribution >= 4 is 23.3 Å². The molecule has 25 heavy (non-hydrogen) atoms. The second kappa shape index (κ2) is 7.05. The first-order valence-corrected chi connectivity index (χ1v) is 8.58. The molecule has 0 bridgehead atoms. The van der Waals surface area contributed by atoms with Crippen LogP contribution in [0.4, 0.5) is 11.5 Å². The van der Waals surface area contributed by atoms with Crippen molar-refractivity contribution in [3.05, 3.63) is 53.7 Å². The first-order chi connectivity index (χ1) is 11.9. The van der Waals surface area contributed by atoms with E-state index in [9.17, 15) is 9.59 Å². The number of carbonyl (C=O) groups excluding carboxylic acids is 2. The molecule has 1 aliphatic rings. The van der Waals surface area contributed by atoms with Crippen LogP contribution in [0.1, 0.15) is 37.3 Å².